The summed E-state index contributed by atoms with van der Waals surface area (Å²) in [5.41, 5.74) is 0.655. The van der Waals surface area contributed by atoms with Gasteiger partial charge in [-0.3, -0.25) is 0 Å². The SMILES string of the molecule is Oc1ccc2c(c1)[C@H](O)[C@@H](Cc1nccs1)CO2. The minimum absolute atomic E-state index is 0.0227. The second-order valence-corrected chi connectivity index (χ2v) is 5.35. The molecule has 1 aromatic carbocycles. The van der Waals surface area contributed by atoms with Gasteiger partial charge >= 0.3 is 0 Å². The molecule has 0 saturated heterocycles. The lowest BCUT2D eigenvalue weighted by atomic mass is 9.91. The first-order chi connectivity index (χ1) is 8.74. The van der Waals surface area contributed by atoms with Crippen molar-refractivity contribution in [2.24, 2.45) is 5.92 Å². The van der Waals surface area contributed by atoms with Gasteiger partial charge in [0.25, 0.3) is 0 Å². The van der Waals surface area contributed by atoms with E-state index in [0.29, 0.717) is 24.3 Å². The van der Waals surface area contributed by atoms with Crippen LogP contribution in [0.5, 0.6) is 11.5 Å². The van der Waals surface area contributed by atoms with Gasteiger partial charge in [0, 0.05) is 29.5 Å². The molecule has 1 aromatic heterocycles. The largest absolute Gasteiger partial charge is 0.508 e. The Kier molecular flexibility index (Phi) is 2.93. The van der Waals surface area contributed by atoms with Gasteiger partial charge in [0.1, 0.15) is 11.5 Å². The van der Waals surface area contributed by atoms with E-state index in [0.717, 1.165) is 5.01 Å². The second kappa shape index (κ2) is 4.59. The zero-order valence-electron chi connectivity index (χ0n) is 9.61. The molecule has 0 fully saturated rings. The van der Waals surface area contributed by atoms with Crippen LogP contribution in [-0.2, 0) is 6.42 Å². The fourth-order valence-corrected chi connectivity index (χ4v) is 2.90. The molecule has 94 valence electrons. The molecule has 0 spiro atoms. The number of aliphatic hydroxyl groups excluding tert-OH is 1. The molecule has 0 bridgehead atoms. The lowest BCUT2D eigenvalue weighted by Crippen LogP contribution is -2.27. The predicted octanol–water partition coefficient (Wildman–Crippen LogP) is 2.13. The number of phenols is 1. The van der Waals surface area contributed by atoms with Gasteiger partial charge in [-0.1, -0.05) is 0 Å². The maximum absolute atomic E-state index is 10.3. The zero-order chi connectivity index (χ0) is 12.5. The third-order valence-electron chi connectivity index (χ3n) is 3.13. The van der Waals surface area contributed by atoms with E-state index in [2.05, 4.69) is 4.98 Å². The molecular formula is C13H13NO3S. The minimum Gasteiger partial charge on any atom is -0.508 e. The van der Waals surface area contributed by atoms with Crippen LogP contribution in [0.2, 0.25) is 0 Å². The molecule has 2 atom stereocenters. The van der Waals surface area contributed by atoms with E-state index in [1.54, 1.807) is 35.7 Å². The first-order valence-electron chi connectivity index (χ1n) is 5.76. The summed E-state index contributed by atoms with van der Waals surface area (Å²) in [7, 11) is 0. The summed E-state index contributed by atoms with van der Waals surface area (Å²) in [4.78, 5) is 4.22. The van der Waals surface area contributed by atoms with Crippen LogP contribution < -0.4 is 4.74 Å². The fourth-order valence-electron chi connectivity index (χ4n) is 2.19. The molecule has 2 aromatic rings. The Hall–Kier alpha value is -1.59. The van der Waals surface area contributed by atoms with Crippen LogP contribution in [0.4, 0.5) is 0 Å². The topological polar surface area (TPSA) is 62.6 Å². The van der Waals surface area contributed by atoms with Crippen LogP contribution in [-0.4, -0.2) is 21.8 Å². The smallest absolute Gasteiger partial charge is 0.125 e. The number of aromatic nitrogens is 1. The van der Waals surface area contributed by atoms with Crippen LogP contribution in [0.1, 0.15) is 16.7 Å². The van der Waals surface area contributed by atoms with E-state index in [4.69, 9.17) is 4.74 Å². The molecule has 2 heterocycles. The van der Waals surface area contributed by atoms with Crippen molar-refractivity contribution in [2.45, 2.75) is 12.5 Å². The Morgan fingerprint density at radius 3 is 3.11 bits per heavy atom. The maximum atomic E-state index is 10.3. The Morgan fingerprint density at radius 1 is 1.44 bits per heavy atom. The Labute approximate surface area is 109 Å². The van der Waals surface area contributed by atoms with Crippen molar-refractivity contribution in [3.63, 3.8) is 0 Å². The van der Waals surface area contributed by atoms with Crippen molar-refractivity contribution in [3.8, 4) is 11.5 Å². The van der Waals surface area contributed by atoms with Crippen molar-refractivity contribution < 1.29 is 14.9 Å². The van der Waals surface area contributed by atoms with Gasteiger partial charge in [-0.15, -0.1) is 11.3 Å². The van der Waals surface area contributed by atoms with Crippen LogP contribution >= 0.6 is 11.3 Å². The highest BCUT2D eigenvalue weighted by Gasteiger charge is 2.30. The summed E-state index contributed by atoms with van der Waals surface area (Å²) in [5, 5.41) is 22.7. The molecule has 0 saturated carbocycles. The van der Waals surface area contributed by atoms with Crippen molar-refractivity contribution in [2.75, 3.05) is 6.61 Å². The number of hydrogen-bond donors (Lipinski definition) is 2. The van der Waals surface area contributed by atoms with Gasteiger partial charge in [0.15, 0.2) is 0 Å². The van der Waals surface area contributed by atoms with Crippen LogP contribution in [0.15, 0.2) is 29.8 Å². The first kappa shape index (κ1) is 11.5. The molecule has 4 nitrogen and oxygen atoms in total. The number of benzene rings is 1. The lowest BCUT2D eigenvalue weighted by molar-refractivity contribution is 0.0505. The average Bonchev–Trinajstić information content (AvgIpc) is 2.86. The maximum Gasteiger partial charge on any atom is 0.125 e. The first-order valence-corrected chi connectivity index (χ1v) is 6.64. The highest BCUT2D eigenvalue weighted by Crippen LogP contribution is 2.38. The number of phenolic OH excluding ortho intramolecular Hbond substituents is 1. The Morgan fingerprint density at radius 2 is 2.33 bits per heavy atom. The van der Waals surface area contributed by atoms with Gasteiger partial charge in [0.2, 0.25) is 0 Å². The summed E-state index contributed by atoms with van der Waals surface area (Å²) >= 11 is 1.58. The molecule has 2 N–H and O–H groups in total. The van der Waals surface area contributed by atoms with Crippen molar-refractivity contribution in [1.29, 1.82) is 0 Å². The monoisotopic (exact) mass is 263 g/mol. The highest BCUT2D eigenvalue weighted by atomic mass is 32.1. The van der Waals surface area contributed by atoms with E-state index in [1.807, 2.05) is 5.38 Å². The molecule has 5 heteroatoms. The quantitative estimate of drug-likeness (QED) is 0.871. The minimum atomic E-state index is -0.621. The normalized spacial score (nSPS) is 22.3. The van der Waals surface area contributed by atoms with Crippen LogP contribution in [0, 0.1) is 5.92 Å². The van der Waals surface area contributed by atoms with Crippen molar-refractivity contribution in [1.82, 2.24) is 4.98 Å². The molecule has 3 rings (SSSR count). The van der Waals surface area contributed by atoms with Crippen molar-refractivity contribution in [3.05, 3.63) is 40.3 Å². The fraction of sp³-hybridized carbons (Fsp3) is 0.308. The number of ether oxygens (including phenoxy) is 1. The number of hydrogen-bond acceptors (Lipinski definition) is 5. The number of aromatic hydroxyl groups is 1. The lowest BCUT2D eigenvalue weighted by Gasteiger charge is -2.29. The standard InChI is InChI=1S/C13H13NO3S/c15-9-1-2-11-10(6-9)13(16)8(7-17-11)5-12-14-3-4-18-12/h1-4,6,8,13,15-16H,5,7H2/t8-,13+/m0/s1. The third kappa shape index (κ3) is 2.07. The van der Waals surface area contributed by atoms with Crippen LogP contribution in [0.25, 0.3) is 0 Å². The molecule has 1 aliphatic rings. The number of fused-ring (bicyclic) bond motifs is 1. The number of rotatable bonds is 2. The molecule has 0 amide bonds. The molecule has 0 aliphatic carbocycles. The molecule has 0 unspecified atom stereocenters. The molecule has 0 radical (unpaired) electrons. The number of aliphatic hydroxyl groups is 1. The molecule has 18 heavy (non-hydrogen) atoms. The van der Waals surface area contributed by atoms with Crippen molar-refractivity contribution >= 4 is 11.3 Å². The Bertz CT molecular complexity index is 541. The average molecular weight is 263 g/mol. The van der Waals surface area contributed by atoms with Gasteiger partial charge in [0.05, 0.1) is 17.7 Å². The summed E-state index contributed by atoms with van der Waals surface area (Å²) in [6.07, 6.45) is 1.83. The third-order valence-corrected chi connectivity index (χ3v) is 3.93. The van der Waals surface area contributed by atoms with Gasteiger partial charge in [-0.25, -0.2) is 4.98 Å². The number of thiazole rings is 1. The van der Waals surface area contributed by atoms with E-state index in [-0.39, 0.29) is 11.7 Å². The van der Waals surface area contributed by atoms with Gasteiger partial charge in [-0.05, 0) is 18.2 Å². The van der Waals surface area contributed by atoms with Crippen LogP contribution in [0.3, 0.4) is 0 Å². The zero-order valence-corrected chi connectivity index (χ0v) is 10.4. The summed E-state index contributed by atoms with van der Waals surface area (Å²) in [5.74, 6) is 0.771. The van der Waals surface area contributed by atoms with Gasteiger partial charge < -0.3 is 14.9 Å². The summed E-state index contributed by atoms with van der Waals surface area (Å²) < 4.78 is 5.62. The summed E-state index contributed by atoms with van der Waals surface area (Å²) in [6, 6.07) is 4.81. The van der Waals surface area contributed by atoms with Gasteiger partial charge in [-0.2, -0.15) is 0 Å². The molecule has 1 aliphatic heterocycles. The van der Waals surface area contributed by atoms with E-state index in [9.17, 15) is 10.2 Å². The summed E-state index contributed by atoms with van der Waals surface area (Å²) in [6.45, 7) is 0.471. The van der Waals surface area contributed by atoms with E-state index < -0.39 is 6.10 Å². The van der Waals surface area contributed by atoms with E-state index in [1.165, 1.54) is 0 Å². The number of nitrogens with zero attached hydrogens (tertiary/aromatic N) is 1. The molecular weight excluding hydrogens is 250 g/mol. The second-order valence-electron chi connectivity index (χ2n) is 4.37. The highest BCUT2D eigenvalue weighted by molar-refractivity contribution is 7.09. The van der Waals surface area contributed by atoms with E-state index >= 15 is 0 Å². The predicted molar refractivity (Wildman–Crippen MR) is 67.9 cm³/mol. The Balaban J connectivity index is 1.84.